The zero-order valence-corrected chi connectivity index (χ0v) is 47.3. The minimum Gasteiger partial charge on any atom is -0.311 e. The molecule has 0 N–H and O–H groups in total. The van der Waals surface area contributed by atoms with Crippen LogP contribution in [-0.4, -0.2) is 0 Å². The molecule has 0 fully saturated rings. The van der Waals surface area contributed by atoms with Crippen LogP contribution in [0.25, 0.3) is 22.3 Å². The third-order valence-corrected chi connectivity index (χ3v) is 14.9. The highest BCUT2D eigenvalue weighted by Crippen LogP contribution is 2.45. The lowest BCUT2D eigenvalue weighted by molar-refractivity contribution is 0.589. The van der Waals surface area contributed by atoms with Crippen molar-refractivity contribution in [3.63, 3.8) is 0 Å². The van der Waals surface area contributed by atoms with Gasteiger partial charge in [0, 0.05) is 39.8 Å². The molecule has 3 nitrogen and oxygen atoms in total. The average Bonchev–Trinajstić information content (AvgIpc) is 3.37. The third-order valence-electron chi connectivity index (χ3n) is 14.9. The molecule has 0 heterocycles. The van der Waals surface area contributed by atoms with E-state index in [4.69, 9.17) is 0 Å². The van der Waals surface area contributed by atoms with E-state index >= 15 is 0 Å². The Hall–Kier alpha value is -7.62. The molecule has 0 spiro atoms. The van der Waals surface area contributed by atoms with E-state index in [0.717, 1.165) is 39.8 Å². The Morgan fingerprint density at radius 1 is 0.227 bits per heavy atom. The topological polar surface area (TPSA) is 9.72 Å². The van der Waals surface area contributed by atoms with Crippen molar-refractivity contribution in [1.82, 2.24) is 0 Å². The SMILES string of the molecule is Cc1ccc(N(c2ccc(-c3ccc(N(c4ccc(-c5ccc(N(c6ccc(C)cc6)c6c(C)cc(C(C)(C)C)cc6C)cc5)cc4)c4c(C)cc(C(C)(C)C)cc4C)cc3)cc2)c2ccc(C(C)(C)C)cc2)cc1. The summed E-state index contributed by atoms with van der Waals surface area (Å²) in [5.74, 6) is 0. The van der Waals surface area contributed by atoms with Crippen molar-refractivity contribution in [2.24, 2.45) is 0 Å². The van der Waals surface area contributed by atoms with Crippen molar-refractivity contribution in [2.75, 3.05) is 14.7 Å². The molecule has 0 radical (unpaired) electrons. The Morgan fingerprint density at radius 3 is 0.653 bits per heavy atom. The predicted octanol–water partition coefficient (Wildman–Crippen LogP) is 21.2. The van der Waals surface area contributed by atoms with Crippen molar-refractivity contribution in [3.8, 4) is 22.3 Å². The van der Waals surface area contributed by atoms with Crippen molar-refractivity contribution in [1.29, 1.82) is 0 Å². The van der Waals surface area contributed by atoms with E-state index in [2.05, 4.69) is 313 Å². The zero-order chi connectivity index (χ0) is 53.6. The van der Waals surface area contributed by atoms with Gasteiger partial charge in [-0.1, -0.05) is 183 Å². The Kier molecular flexibility index (Phi) is 14.3. The summed E-state index contributed by atoms with van der Waals surface area (Å²) >= 11 is 0. The minimum atomic E-state index is 0.0348. The number of hydrogen-bond acceptors (Lipinski definition) is 3. The first-order valence-corrected chi connectivity index (χ1v) is 26.8. The van der Waals surface area contributed by atoms with Crippen LogP contribution in [0.2, 0.25) is 0 Å². The van der Waals surface area contributed by atoms with E-state index < -0.39 is 0 Å². The van der Waals surface area contributed by atoms with Crippen LogP contribution in [0.5, 0.6) is 0 Å². The van der Waals surface area contributed by atoms with Gasteiger partial charge < -0.3 is 14.7 Å². The molecular formula is C72H77N3. The molecule has 0 saturated heterocycles. The van der Waals surface area contributed by atoms with Gasteiger partial charge in [0.2, 0.25) is 0 Å². The van der Waals surface area contributed by atoms with Crippen molar-refractivity contribution >= 4 is 51.2 Å². The molecule has 0 amide bonds. The lowest BCUT2D eigenvalue weighted by atomic mass is 9.84. The lowest BCUT2D eigenvalue weighted by Gasteiger charge is -2.31. The fraction of sp³-hybridized carbons (Fsp3) is 0.250. The molecule has 0 aliphatic rings. The highest BCUT2D eigenvalue weighted by Gasteiger charge is 2.24. The quantitative estimate of drug-likeness (QED) is 0.128. The highest BCUT2D eigenvalue weighted by atomic mass is 15.2. The van der Waals surface area contributed by atoms with E-state index in [1.54, 1.807) is 0 Å². The van der Waals surface area contributed by atoms with E-state index in [1.165, 1.54) is 83.7 Å². The molecule has 380 valence electrons. The van der Waals surface area contributed by atoms with Gasteiger partial charge in [-0.05, 0) is 204 Å². The van der Waals surface area contributed by atoms with Crippen molar-refractivity contribution in [3.05, 3.63) is 244 Å². The van der Waals surface area contributed by atoms with Crippen molar-refractivity contribution in [2.45, 2.75) is 120 Å². The Bertz CT molecular complexity index is 3370. The van der Waals surface area contributed by atoms with E-state index in [9.17, 15) is 0 Å². The van der Waals surface area contributed by atoms with E-state index in [0.29, 0.717) is 0 Å². The monoisotopic (exact) mass is 984 g/mol. The Labute approximate surface area is 450 Å². The van der Waals surface area contributed by atoms with E-state index in [1.807, 2.05) is 0 Å². The van der Waals surface area contributed by atoms with Crippen LogP contribution >= 0.6 is 0 Å². The standard InChI is InChI=1S/C72H77N3/c1-48-16-30-61(31-17-48)73(63-42-28-58(29-43-63)70(7,8)9)62-34-20-54(21-35-62)55-24-38-66(39-25-55)75(69-52(5)46-60(47-53(69)6)72(13,14)15)67-40-26-57(27-41-67)56-22-36-65(37-23-56)74(64-32-18-49(2)19-33-64)68-50(3)44-59(45-51(68)4)71(10,11)12/h16-47H,1-15H3. The zero-order valence-electron chi connectivity index (χ0n) is 47.3. The van der Waals surface area contributed by atoms with Crippen LogP contribution in [0.1, 0.15) is 112 Å². The highest BCUT2D eigenvalue weighted by molar-refractivity contribution is 5.85. The molecule has 0 aliphatic carbocycles. The summed E-state index contributed by atoms with van der Waals surface area (Å²) in [5.41, 5.74) is 26.8. The number of nitrogens with zero attached hydrogens (tertiary/aromatic N) is 3. The van der Waals surface area contributed by atoms with Crippen molar-refractivity contribution < 1.29 is 0 Å². The molecule has 3 heteroatoms. The minimum absolute atomic E-state index is 0.0348. The molecule has 0 atom stereocenters. The van der Waals surface area contributed by atoms with Crippen LogP contribution in [0, 0.1) is 41.5 Å². The number of aryl methyl sites for hydroxylation is 6. The van der Waals surface area contributed by atoms with Crippen LogP contribution in [-0.2, 0) is 16.2 Å². The molecule has 0 saturated carbocycles. The lowest BCUT2D eigenvalue weighted by Crippen LogP contribution is -2.16. The number of rotatable bonds is 11. The molecule has 0 bridgehead atoms. The van der Waals surface area contributed by atoms with Gasteiger partial charge >= 0.3 is 0 Å². The van der Waals surface area contributed by atoms with Gasteiger partial charge in [-0.3, -0.25) is 0 Å². The largest absolute Gasteiger partial charge is 0.311 e. The second-order valence-corrected chi connectivity index (χ2v) is 24.1. The summed E-state index contributed by atoms with van der Waals surface area (Å²) in [4.78, 5) is 7.21. The molecular weight excluding hydrogens is 907 g/mol. The van der Waals surface area contributed by atoms with Gasteiger partial charge in [-0.15, -0.1) is 0 Å². The summed E-state index contributed by atoms with van der Waals surface area (Å²) in [7, 11) is 0. The molecule has 9 aromatic rings. The maximum Gasteiger partial charge on any atom is 0.0520 e. The van der Waals surface area contributed by atoms with Gasteiger partial charge in [-0.2, -0.15) is 0 Å². The van der Waals surface area contributed by atoms with Crippen LogP contribution < -0.4 is 14.7 Å². The first-order valence-electron chi connectivity index (χ1n) is 26.8. The van der Waals surface area contributed by atoms with Crippen LogP contribution in [0.4, 0.5) is 51.2 Å². The van der Waals surface area contributed by atoms with Crippen LogP contribution in [0.3, 0.4) is 0 Å². The number of benzene rings is 9. The Morgan fingerprint density at radius 2 is 0.427 bits per heavy atom. The second kappa shape index (κ2) is 20.6. The molecule has 0 aromatic heterocycles. The maximum absolute atomic E-state index is 2.44. The van der Waals surface area contributed by atoms with Crippen LogP contribution in [0.15, 0.2) is 194 Å². The van der Waals surface area contributed by atoms with Gasteiger partial charge in [-0.25, -0.2) is 0 Å². The summed E-state index contributed by atoms with van der Waals surface area (Å²) in [6.07, 6.45) is 0. The maximum atomic E-state index is 2.44. The molecule has 9 rings (SSSR count). The number of anilines is 9. The van der Waals surface area contributed by atoms with Gasteiger partial charge in [0.05, 0.1) is 11.4 Å². The average molecular weight is 984 g/mol. The molecule has 0 unspecified atom stereocenters. The van der Waals surface area contributed by atoms with Gasteiger partial charge in [0.1, 0.15) is 0 Å². The first kappa shape index (κ1) is 52.3. The Balaban J connectivity index is 1.04. The second-order valence-electron chi connectivity index (χ2n) is 24.1. The molecule has 9 aromatic carbocycles. The fourth-order valence-electron chi connectivity index (χ4n) is 10.5. The summed E-state index contributed by atoms with van der Waals surface area (Å²) in [6.45, 7) is 33.9. The molecule has 0 aliphatic heterocycles. The predicted molar refractivity (Wildman–Crippen MR) is 326 cm³/mol. The number of hydrogen-bond donors (Lipinski definition) is 0. The summed E-state index contributed by atoms with van der Waals surface area (Å²) in [5, 5.41) is 0. The van der Waals surface area contributed by atoms with E-state index in [-0.39, 0.29) is 16.2 Å². The smallest absolute Gasteiger partial charge is 0.0520 e. The molecule has 75 heavy (non-hydrogen) atoms. The first-order chi connectivity index (χ1) is 35.5. The normalized spacial score (nSPS) is 11.9. The third kappa shape index (κ3) is 11.3. The fourth-order valence-corrected chi connectivity index (χ4v) is 10.5. The summed E-state index contributed by atoms with van der Waals surface area (Å²) < 4.78 is 0. The summed E-state index contributed by atoms with van der Waals surface area (Å²) in [6, 6.07) is 72.5. The van der Waals surface area contributed by atoms with Gasteiger partial charge in [0.25, 0.3) is 0 Å². The van der Waals surface area contributed by atoms with Gasteiger partial charge in [0.15, 0.2) is 0 Å².